The van der Waals surface area contributed by atoms with E-state index in [2.05, 4.69) is 9.98 Å². The summed E-state index contributed by atoms with van der Waals surface area (Å²) in [6.07, 6.45) is 3.48. The second kappa shape index (κ2) is 5.30. The zero-order valence-corrected chi connectivity index (χ0v) is 10.7. The predicted molar refractivity (Wildman–Crippen MR) is 72.6 cm³/mol. The Hall–Kier alpha value is -1.38. The van der Waals surface area contributed by atoms with Crippen molar-refractivity contribution in [2.45, 2.75) is 6.92 Å². The van der Waals surface area contributed by atoms with Crippen LogP contribution in [0.5, 0.6) is 0 Å². The summed E-state index contributed by atoms with van der Waals surface area (Å²) in [7, 11) is 0. The van der Waals surface area contributed by atoms with Gasteiger partial charge in [-0.05, 0) is 25.1 Å². The quantitative estimate of drug-likeness (QED) is 0.732. The van der Waals surface area contributed by atoms with Gasteiger partial charge in [-0.25, -0.2) is 4.99 Å². The molecule has 17 heavy (non-hydrogen) atoms. The lowest BCUT2D eigenvalue weighted by molar-refractivity contribution is 1.31. The maximum Gasteiger partial charge on any atom is 0.100 e. The zero-order valence-electron chi connectivity index (χ0n) is 9.19. The summed E-state index contributed by atoms with van der Waals surface area (Å²) in [4.78, 5) is 8.49. The van der Waals surface area contributed by atoms with Crippen LogP contribution in [-0.4, -0.2) is 10.7 Å². The first-order valence-electron chi connectivity index (χ1n) is 5.08. The molecule has 0 N–H and O–H groups in total. The Morgan fingerprint density at radius 1 is 1.12 bits per heavy atom. The molecular weight excluding hydrogens is 255 g/mol. The predicted octanol–water partition coefficient (Wildman–Crippen LogP) is 4.53. The molecule has 0 unspecified atom stereocenters. The summed E-state index contributed by atoms with van der Waals surface area (Å²) < 4.78 is 0. The van der Waals surface area contributed by atoms with Gasteiger partial charge in [0.25, 0.3) is 0 Å². The van der Waals surface area contributed by atoms with Gasteiger partial charge in [-0.3, -0.25) is 4.98 Å². The molecule has 0 aliphatic heterocycles. The molecule has 0 saturated carbocycles. The van der Waals surface area contributed by atoms with E-state index in [4.69, 9.17) is 23.2 Å². The average molecular weight is 265 g/mol. The second-order valence-corrected chi connectivity index (χ2v) is 4.32. The van der Waals surface area contributed by atoms with Crippen molar-refractivity contribution in [3.8, 4) is 0 Å². The van der Waals surface area contributed by atoms with Gasteiger partial charge in [0.1, 0.15) is 5.69 Å². The van der Waals surface area contributed by atoms with E-state index in [1.165, 1.54) is 0 Å². The van der Waals surface area contributed by atoms with Crippen molar-refractivity contribution >= 4 is 34.6 Å². The summed E-state index contributed by atoms with van der Waals surface area (Å²) in [5.74, 6) is 0. The van der Waals surface area contributed by atoms with Crippen molar-refractivity contribution in [2.75, 3.05) is 0 Å². The van der Waals surface area contributed by atoms with Gasteiger partial charge in [0.15, 0.2) is 0 Å². The number of hydrogen-bond acceptors (Lipinski definition) is 2. The molecule has 0 radical (unpaired) electrons. The van der Waals surface area contributed by atoms with Gasteiger partial charge in [0.2, 0.25) is 0 Å². The van der Waals surface area contributed by atoms with Gasteiger partial charge in [0, 0.05) is 23.7 Å². The highest BCUT2D eigenvalue weighted by Crippen LogP contribution is 2.33. The van der Waals surface area contributed by atoms with Crippen molar-refractivity contribution in [3.63, 3.8) is 0 Å². The van der Waals surface area contributed by atoms with Crippen LogP contribution in [-0.2, 0) is 0 Å². The molecule has 1 heterocycles. The maximum atomic E-state index is 6.05. The Labute approximate surface area is 110 Å². The lowest BCUT2D eigenvalue weighted by Gasteiger charge is -2.04. The Bertz CT molecular complexity index is 530. The third-order valence-electron chi connectivity index (χ3n) is 2.30. The number of benzene rings is 1. The first kappa shape index (κ1) is 12.1. The largest absolute Gasteiger partial charge is 0.264 e. The Balaban J connectivity index is 2.43. The average Bonchev–Trinajstić information content (AvgIpc) is 2.35. The molecule has 0 atom stereocenters. The van der Waals surface area contributed by atoms with Gasteiger partial charge in [-0.2, -0.15) is 0 Å². The van der Waals surface area contributed by atoms with Crippen LogP contribution in [0.2, 0.25) is 10.0 Å². The molecule has 1 aromatic heterocycles. The number of rotatable bonds is 2. The number of hydrogen-bond donors (Lipinski definition) is 0. The standard InChI is InChI=1S/C13H10Cl2N2/c1-9(10-4-3-7-16-8-10)17-13-11(14)5-2-6-12(13)15/h2-8H,1H3. The maximum absolute atomic E-state index is 6.05. The topological polar surface area (TPSA) is 25.2 Å². The first-order valence-corrected chi connectivity index (χ1v) is 5.84. The van der Waals surface area contributed by atoms with E-state index >= 15 is 0 Å². The lowest BCUT2D eigenvalue weighted by Crippen LogP contribution is -1.94. The summed E-state index contributed by atoms with van der Waals surface area (Å²) in [6.45, 7) is 1.90. The molecule has 0 spiro atoms. The van der Waals surface area contributed by atoms with Crippen LogP contribution in [0.15, 0.2) is 47.7 Å². The molecule has 2 aromatic rings. The minimum Gasteiger partial charge on any atom is -0.264 e. The van der Waals surface area contributed by atoms with E-state index in [-0.39, 0.29) is 0 Å². The first-order chi connectivity index (χ1) is 8.18. The van der Waals surface area contributed by atoms with Crippen molar-refractivity contribution in [1.82, 2.24) is 4.98 Å². The van der Waals surface area contributed by atoms with Crippen LogP contribution >= 0.6 is 23.2 Å². The molecule has 0 saturated heterocycles. The van der Waals surface area contributed by atoms with Crippen LogP contribution in [0.25, 0.3) is 0 Å². The van der Waals surface area contributed by atoms with Gasteiger partial charge < -0.3 is 0 Å². The molecule has 0 bridgehead atoms. The highest BCUT2D eigenvalue weighted by Gasteiger charge is 2.05. The normalized spacial score (nSPS) is 11.6. The van der Waals surface area contributed by atoms with Gasteiger partial charge >= 0.3 is 0 Å². The van der Waals surface area contributed by atoms with Gasteiger partial charge in [-0.15, -0.1) is 0 Å². The number of aromatic nitrogens is 1. The van der Waals surface area contributed by atoms with Gasteiger partial charge in [-0.1, -0.05) is 35.3 Å². The monoisotopic (exact) mass is 264 g/mol. The number of pyridine rings is 1. The van der Waals surface area contributed by atoms with Crippen molar-refractivity contribution in [2.24, 2.45) is 4.99 Å². The van der Waals surface area contributed by atoms with Crippen molar-refractivity contribution < 1.29 is 0 Å². The highest BCUT2D eigenvalue weighted by atomic mass is 35.5. The van der Waals surface area contributed by atoms with Crippen LogP contribution < -0.4 is 0 Å². The van der Waals surface area contributed by atoms with Crippen molar-refractivity contribution in [3.05, 3.63) is 58.3 Å². The van der Waals surface area contributed by atoms with Crippen LogP contribution in [0.4, 0.5) is 5.69 Å². The smallest absolute Gasteiger partial charge is 0.100 e. The van der Waals surface area contributed by atoms with E-state index in [0.29, 0.717) is 15.7 Å². The molecule has 4 heteroatoms. The molecule has 2 rings (SSSR count). The minimum atomic E-state index is 0.542. The summed E-state index contributed by atoms with van der Waals surface area (Å²) in [5, 5.41) is 1.08. The second-order valence-electron chi connectivity index (χ2n) is 3.51. The van der Waals surface area contributed by atoms with Crippen LogP contribution in [0.3, 0.4) is 0 Å². The summed E-state index contributed by atoms with van der Waals surface area (Å²) >= 11 is 12.1. The lowest BCUT2D eigenvalue weighted by atomic mass is 10.2. The van der Waals surface area contributed by atoms with Crippen LogP contribution in [0.1, 0.15) is 12.5 Å². The SMILES string of the molecule is CC(=Nc1c(Cl)cccc1Cl)c1cccnc1. The third-order valence-corrected chi connectivity index (χ3v) is 2.91. The Morgan fingerprint density at radius 3 is 2.41 bits per heavy atom. The molecule has 2 nitrogen and oxygen atoms in total. The van der Waals surface area contributed by atoms with E-state index in [9.17, 15) is 0 Å². The fourth-order valence-electron chi connectivity index (χ4n) is 1.40. The highest BCUT2D eigenvalue weighted by molar-refractivity contribution is 6.39. The third kappa shape index (κ3) is 2.84. The molecule has 0 aliphatic rings. The number of halogens is 2. The van der Waals surface area contributed by atoms with Gasteiger partial charge in [0.05, 0.1) is 10.0 Å². The van der Waals surface area contributed by atoms with E-state index in [1.807, 2.05) is 19.1 Å². The fraction of sp³-hybridized carbons (Fsp3) is 0.0769. The minimum absolute atomic E-state index is 0.542. The van der Waals surface area contributed by atoms with Crippen LogP contribution in [0, 0.1) is 0 Å². The summed E-state index contributed by atoms with van der Waals surface area (Å²) in [5.41, 5.74) is 2.37. The molecule has 0 amide bonds. The Morgan fingerprint density at radius 2 is 1.82 bits per heavy atom. The summed E-state index contributed by atoms with van der Waals surface area (Å²) in [6, 6.07) is 9.13. The fourth-order valence-corrected chi connectivity index (χ4v) is 1.89. The number of aliphatic imine (C=N–C) groups is 1. The molecule has 0 fully saturated rings. The number of nitrogens with zero attached hydrogens (tertiary/aromatic N) is 2. The zero-order chi connectivity index (χ0) is 12.3. The Kier molecular flexibility index (Phi) is 3.77. The molecule has 86 valence electrons. The van der Waals surface area contributed by atoms with E-state index in [0.717, 1.165) is 11.3 Å². The number of para-hydroxylation sites is 1. The molecule has 0 aliphatic carbocycles. The van der Waals surface area contributed by atoms with E-state index in [1.54, 1.807) is 30.6 Å². The van der Waals surface area contributed by atoms with E-state index < -0.39 is 0 Å². The molecule has 1 aromatic carbocycles. The molecular formula is C13H10Cl2N2. The van der Waals surface area contributed by atoms with Crippen molar-refractivity contribution in [1.29, 1.82) is 0 Å².